The first-order valence-corrected chi connectivity index (χ1v) is 17.4. The lowest BCUT2D eigenvalue weighted by atomic mass is 9.92. The number of rotatable bonds is 10. The Morgan fingerprint density at radius 3 is 2.14 bits per heavy atom. The number of sulfonamides is 2. The quantitative estimate of drug-likeness (QED) is 0.165. The Balaban J connectivity index is 1.50. The van der Waals surface area contributed by atoms with Gasteiger partial charge < -0.3 is 15.5 Å². The molecule has 0 spiro atoms. The number of piperazine rings is 1. The van der Waals surface area contributed by atoms with Crippen LogP contribution in [0.15, 0.2) is 76.5 Å². The maximum absolute atomic E-state index is 13.1. The van der Waals surface area contributed by atoms with Gasteiger partial charge in [0, 0.05) is 49.0 Å². The second kappa shape index (κ2) is 13.9. The van der Waals surface area contributed by atoms with E-state index in [9.17, 15) is 21.6 Å². The summed E-state index contributed by atoms with van der Waals surface area (Å²) in [5.74, 6) is -0.0693. The van der Waals surface area contributed by atoms with Crippen LogP contribution in [0.3, 0.4) is 0 Å². The Hall–Kier alpha value is -3.82. The summed E-state index contributed by atoms with van der Waals surface area (Å²) in [4.78, 5) is 17.4. The highest BCUT2D eigenvalue weighted by molar-refractivity contribution is 7.89. The monoisotopic (exact) mass is 641 g/mol. The molecule has 14 heteroatoms. The fourth-order valence-corrected chi connectivity index (χ4v) is 6.17. The van der Waals surface area contributed by atoms with E-state index >= 15 is 0 Å². The van der Waals surface area contributed by atoms with E-state index in [2.05, 4.69) is 22.5 Å². The van der Waals surface area contributed by atoms with Crippen LogP contribution in [0.1, 0.15) is 49.3 Å². The topological polar surface area (TPSA) is 192 Å². The molecule has 1 fully saturated rings. The Bertz CT molecular complexity index is 1720. The van der Waals surface area contributed by atoms with E-state index in [0.717, 1.165) is 45.6 Å². The predicted molar refractivity (Wildman–Crippen MR) is 172 cm³/mol. The number of unbranched alkanes of at least 4 members (excludes halogenated alkanes) is 1. The first-order valence-electron chi connectivity index (χ1n) is 14.3. The average Bonchev–Trinajstić information content (AvgIpc) is 2.99. The predicted octanol–water partition coefficient (Wildman–Crippen LogP) is 3.52. The van der Waals surface area contributed by atoms with Crippen LogP contribution in [0.5, 0.6) is 0 Å². The average molecular weight is 642 g/mol. The minimum atomic E-state index is -4.04. The number of amidine groups is 1. The van der Waals surface area contributed by atoms with Gasteiger partial charge in [0.15, 0.2) is 0 Å². The van der Waals surface area contributed by atoms with Gasteiger partial charge in [0.05, 0.1) is 9.79 Å². The van der Waals surface area contributed by atoms with Crippen molar-refractivity contribution in [1.29, 1.82) is 5.41 Å². The molecular formula is C30H39N7O5S2. The van der Waals surface area contributed by atoms with Crippen molar-refractivity contribution in [3.8, 4) is 0 Å². The lowest BCUT2D eigenvalue weighted by molar-refractivity contribution is 0.180. The van der Waals surface area contributed by atoms with Gasteiger partial charge in [0.25, 0.3) is 0 Å². The van der Waals surface area contributed by atoms with Crippen LogP contribution in [-0.2, 0) is 20.0 Å². The van der Waals surface area contributed by atoms with Crippen molar-refractivity contribution in [2.45, 2.75) is 42.4 Å². The Morgan fingerprint density at radius 1 is 0.886 bits per heavy atom. The summed E-state index contributed by atoms with van der Waals surface area (Å²) in [6.07, 6.45) is 2.32. The lowest BCUT2D eigenvalue weighted by Crippen LogP contribution is -2.48. The van der Waals surface area contributed by atoms with E-state index in [1.54, 1.807) is 37.3 Å². The van der Waals surface area contributed by atoms with Gasteiger partial charge in [0.1, 0.15) is 5.84 Å². The third-order valence-corrected chi connectivity index (χ3v) is 9.53. The van der Waals surface area contributed by atoms with Gasteiger partial charge in [-0.15, -0.1) is 0 Å². The van der Waals surface area contributed by atoms with Crippen LogP contribution in [0.2, 0.25) is 0 Å². The van der Waals surface area contributed by atoms with Gasteiger partial charge >= 0.3 is 6.03 Å². The first kappa shape index (κ1) is 33.1. The molecular weight excluding hydrogens is 603 g/mol. The molecule has 12 nitrogen and oxygen atoms in total. The fraction of sp³-hybridized carbons (Fsp3) is 0.333. The molecule has 1 heterocycles. The first-order chi connectivity index (χ1) is 20.8. The van der Waals surface area contributed by atoms with Crippen LogP contribution in [-0.4, -0.2) is 71.2 Å². The third-order valence-electron chi connectivity index (χ3n) is 7.69. The molecule has 0 aliphatic carbocycles. The fourth-order valence-electron chi connectivity index (χ4n) is 5.10. The van der Waals surface area contributed by atoms with Gasteiger partial charge in [-0.1, -0.05) is 44.5 Å². The van der Waals surface area contributed by atoms with Crippen molar-refractivity contribution in [3.63, 3.8) is 0 Å². The minimum Gasteiger partial charge on any atom is -0.354 e. The van der Waals surface area contributed by atoms with Crippen molar-refractivity contribution < 1.29 is 21.6 Å². The van der Waals surface area contributed by atoms with Gasteiger partial charge in [-0.2, -0.15) is 0 Å². The van der Waals surface area contributed by atoms with Crippen molar-refractivity contribution in [2.24, 2.45) is 10.3 Å². The standard InChI is InChI=1S/C30H39N7O5S2/c1-3-4-14-36-15-17-37(18-16-36)29(31)23-6-5-7-24(19-23)34-30(38)35-28-13-12-26(44(33,41)42)20-27(28)21(2)22-8-10-25(11-9-22)43(32,39)40/h5-13,19-21,31H,3-4,14-18H2,1-2H3,(H2,32,39,40)(H2,33,41,42)(H2,34,35,38). The number of hydrogen-bond acceptors (Lipinski definition) is 7. The zero-order valence-corrected chi connectivity index (χ0v) is 26.4. The molecule has 4 rings (SSSR count). The maximum Gasteiger partial charge on any atom is 0.323 e. The highest BCUT2D eigenvalue weighted by Crippen LogP contribution is 2.32. The number of primary sulfonamides is 2. The van der Waals surface area contributed by atoms with Crippen molar-refractivity contribution in [1.82, 2.24) is 9.80 Å². The molecule has 0 saturated carbocycles. The van der Waals surface area contributed by atoms with Crippen LogP contribution in [0.4, 0.5) is 16.2 Å². The van der Waals surface area contributed by atoms with E-state index < -0.39 is 32.0 Å². The van der Waals surface area contributed by atoms with Crippen LogP contribution in [0.25, 0.3) is 0 Å². The number of carbonyl (C=O) groups is 1. The molecule has 1 atom stereocenters. The van der Waals surface area contributed by atoms with Crippen molar-refractivity contribution >= 4 is 43.3 Å². The van der Waals surface area contributed by atoms with E-state index in [4.69, 9.17) is 15.7 Å². The van der Waals surface area contributed by atoms with Crippen LogP contribution in [0, 0.1) is 5.41 Å². The number of carbonyl (C=O) groups excluding carboxylic acids is 1. The molecule has 1 saturated heterocycles. The Morgan fingerprint density at radius 2 is 1.52 bits per heavy atom. The molecule has 3 aromatic carbocycles. The number of nitrogens with zero attached hydrogens (tertiary/aromatic N) is 2. The van der Waals surface area contributed by atoms with Gasteiger partial charge in [-0.05, 0) is 66.6 Å². The number of benzene rings is 3. The number of hydrogen-bond donors (Lipinski definition) is 5. The van der Waals surface area contributed by atoms with Crippen LogP contribution >= 0.6 is 0 Å². The molecule has 0 aromatic heterocycles. The molecule has 236 valence electrons. The third kappa shape index (κ3) is 8.42. The summed E-state index contributed by atoms with van der Waals surface area (Å²) in [6.45, 7) is 8.38. The van der Waals surface area contributed by atoms with Crippen LogP contribution < -0.4 is 20.9 Å². The zero-order valence-electron chi connectivity index (χ0n) is 24.8. The summed E-state index contributed by atoms with van der Waals surface area (Å²) in [6, 6.07) is 16.5. The number of nitrogens with one attached hydrogen (secondary N) is 3. The van der Waals surface area contributed by atoms with E-state index in [0.29, 0.717) is 33.9 Å². The van der Waals surface area contributed by atoms with Crippen molar-refractivity contribution in [2.75, 3.05) is 43.4 Å². The second-order valence-electron chi connectivity index (χ2n) is 10.8. The molecule has 0 bridgehead atoms. The summed E-state index contributed by atoms with van der Waals surface area (Å²) in [5, 5.41) is 24.9. The molecule has 7 N–H and O–H groups in total. The number of nitrogens with two attached hydrogens (primary N) is 2. The molecule has 44 heavy (non-hydrogen) atoms. The van der Waals surface area contributed by atoms with E-state index in [-0.39, 0.29) is 9.79 Å². The molecule has 3 aromatic rings. The molecule has 2 amide bonds. The Labute approximate surface area is 259 Å². The van der Waals surface area contributed by atoms with Gasteiger partial charge in [0.2, 0.25) is 20.0 Å². The van der Waals surface area contributed by atoms with Crippen molar-refractivity contribution in [3.05, 3.63) is 83.4 Å². The number of anilines is 2. The Kier molecular flexibility index (Phi) is 10.4. The normalized spacial score (nSPS) is 15.0. The molecule has 1 unspecified atom stereocenters. The summed E-state index contributed by atoms with van der Waals surface area (Å²) in [7, 11) is -7.93. The summed E-state index contributed by atoms with van der Waals surface area (Å²) < 4.78 is 47.6. The highest BCUT2D eigenvalue weighted by Gasteiger charge is 2.21. The highest BCUT2D eigenvalue weighted by atomic mass is 32.2. The molecule has 1 aliphatic rings. The maximum atomic E-state index is 13.1. The second-order valence-corrected chi connectivity index (χ2v) is 13.9. The number of amides is 2. The SMILES string of the molecule is CCCCN1CCN(C(=N)c2cccc(NC(=O)Nc3ccc(S(N)(=O)=O)cc3C(C)c3ccc(S(N)(=O)=O)cc3)c2)CC1. The number of urea groups is 1. The van der Waals surface area contributed by atoms with Gasteiger partial charge in [-0.25, -0.2) is 31.9 Å². The molecule has 1 aliphatic heterocycles. The van der Waals surface area contributed by atoms with E-state index in [1.807, 2.05) is 11.0 Å². The molecule has 0 radical (unpaired) electrons. The summed E-state index contributed by atoms with van der Waals surface area (Å²) >= 11 is 0. The lowest BCUT2D eigenvalue weighted by Gasteiger charge is -2.36. The minimum absolute atomic E-state index is 0.0611. The smallest absolute Gasteiger partial charge is 0.323 e. The largest absolute Gasteiger partial charge is 0.354 e. The van der Waals surface area contributed by atoms with E-state index in [1.165, 1.54) is 30.3 Å². The van der Waals surface area contributed by atoms with Gasteiger partial charge in [-0.3, -0.25) is 10.3 Å². The zero-order chi connectivity index (χ0) is 32.1. The summed E-state index contributed by atoms with van der Waals surface area (Å²) in [5.41, 5.74) is 2.61.